The number of rotatable bonds is 5. The van der Waals surface area contributed by atoms with Gasteiger partial charge in [-0.3, -0.25) is 14.3 Å². The van der Waals surface area contributed by atoms with E-state index in [0.29, 0.717) is 29.7 Å². The third kappa shape index (κ3) is 5.26. The number of benzene rings is 3. The van der Waals surface area contributed by atoms with E-state index in [1.165, 1.54) is 6.07 Å². The second-order valence-electron chi connectivity index (χ2n) is 10.7. The number of nitrogens with zero attached hydrogens (tertiary/aromatic N) is 3. The molecule has 3 aromatic carbocycles. The Hall–Kier alpha value is -3.78. The van der Waals surface area contributed by atoms with Crippen LogP contribution in [0.2, 0.25) is 0 Å². The molecule has 1 aliphatic rings. The van der Waals surface area contributed by atoms with Crippen LogP contribution in [-0.4, -0.2) is 21.0 Å². The van der Waals surface area contributed by atoms with Crippen LogP contribution in [-0.2, 0) is 24.7 Å². The first-order valence-corrected chi connectivity index (χ1v) is 12.8. The van der Waals surface area contributed by atoms with Crippen LogP contribution in [0.3, 0.4) is 0 Å². The van der Waals surface area contributed by atoms with E-state index in [4.69, 9.17) is 4.98 Å². The molecule has 0 atom stereocenters. The maximum Gasteiger partial charge on any atom is 0.416 e. The van der Waals surface area contributed by atoms with Crippen molar-refractivity contribution in [2.45, 2.75) is 51.5 Å². The molecule has 0 bridgehead atoms. The molecule has 0 saturated carbocycles. The van der Waals surface area contributed by atoms with E-state index in [1.807, 2.05) is 86.3 Å². The lowest BCUT2D eigenvalue weighted by Crippen LogP contribution is -2.47. The first kappa shape index (κ1) is 26.8. The van der Waals surface area contributed by atoms with Gasteiger partial charge in [-0.25, -0.2) is 9.37 Å². The summed E-state index contributed by atoms with van der Waals surface area (Å²) in [5.74, 6) is -0.326. The average Bonchev–Trinajstić information content (AvgIpc) is 2.88. The lowest BCUT2D eigenvalue weighted by molar-refractivity contribution is -0.137. The molecule has 202 valence electrons. The number of fused-ring (bicyclic) bond motifs is 1. The van der Waals surface area contributed by atoms with Gasteiger partial charge < -0.3 is 0 Å². The molecule has 0 fully saturated rings. The molecular weight excluding hydrogens is 506 g/mol. The van der Waals surface area contributed by atoms with Gasteiger partial charge in [0, 0.05) is 30.6 Å². The van der Waals surface area contributed by atoms with Crippen molar-refractivity contribution in [3.05, 3.63) is 134 Å². The van der Waals surface area contributed by atoms with E-state index in [9.17, 15) is 22.4 Å². The number of alkyl halides is 3. The van der Waals surface area contributed by atoms with Gasteiger partial charge in [-0.1, -0.05) is 80.6 Å². The number of aryl methyl sites for hydroxylation is 1. The standard InChI is InChI=1S/C31H29F4N3O/c1-20-36-28-25(29(39)38(20)27(21-10-6-4-7-11-21)22-12-8-5-9-13-22)18-37(19-30(28,2)3)17-23-14-15-24(16-26(23)32)31(33,34)35/h4-16,27H,17-19H2,1-3H3. The SMILES string of the molecule is Cc1nc2c(c(=O)n1C(c1ccccc1)c1ccccc1)CN(Cc1ccc(C(F)(F)F)cc1F)CC2(C)C. The Labute approximate surface area is 224 Å². The van der Waals surface area contributed by atoms with E-state index in [1.54, 1.807) is 4.57 Å². The van der Waals surface area contributed by atoms with Crippen molar-refractivity contribution >= 4 is 0 Å². The molecule has 0 spiro atoms. The number of aromatic nitrogens is 2. The van der Waals surface area contributed by atoms with E-state index in [2.05, 4.69) is 0 Å². The smallest absolute Gasteiger partial charge is 0.294 e. The van der Waals surface area contributed by atoms with Crippen molar-refractivity contribution in [2.75, 3.05) is 6.54 Å². The first-order valence-electron chi connectivity index (χ1n) is 12.8. The summed E-state index contributed by atoms with van der Waals surface area (Å²) in [6.07, 6.45) is -4.62. The zero-order chi connectivity index (χ0) is 27.9. The van der Waals surface area contributed by atoms with Crippen LogP contribution >= 0.6 is 0 Å². The van der Waals surface area contributed by atoms with Gasteiger partial charge in [-0.2, -0.15) is 13.2 Å². The Morgan fingerprint density at radius 3 is 2.08 bits per heavy atom. The number of hydrogen-bond acceptors (Lipinski definition) is 3. The molecule has 2 heterocycles. The summed E-state index contributed by atoms with van der Waals surface area (Å²) in [7, 11) is 0. The van der Waals surface area contributed by atoms with Crippen LogP contribution in [0.4, 0.5) is 17.6 Å². The summed E-state index contributed by atoms with van der Waals surface area (Å²) in [6, 6.07) is 21.7. The fraction of sp³-hybridized carbons (Fsp3) is 0.290. The molecule has 4 nitrogen and oxygen atoms in total. The predicted octanol–water partition coefficient (Wildman–Crippen LogP) is 6.64. The molecule has 0 saturated heterocycles. The minimum Gasteiger partial charge on any atom is -0.294 e. The summed E-state index contributed by atoms with van der Waals surface area (Å²) in [5.41, 5.74) is 1.50. The van der Waals surface area contributed by atoms with Gasteiger partial charge in [0.15, 0.2) is 0 Å². The molecule has 1 aliphatic heterocycles. The minimum absolute atomic E-state index is 0.0704. The normalized spacial score (nSPS) is 15.4. The lowest BCUT2D eigenvalue weighted by atomic mass is 9.82. The summed E-state index contributed by atoms with van der Waals surface area (Å²) < 4.78 is 55.5. The highest BCUT2D eigenvalue weighted by molar-refractivity contribution is 5.36. The van der Waals surface area contributed by atoms with E-state index < -0.39 is 29.0 Å². The van der Waals surface area contributed by atoms with Gasteiger partial charge in [0.1, 0.15) is 11.6 Å². The quantitative estimate of drug-likeness (QED) is 0.269. The van der Waals surface area contributed by atoms with Crippen molar-refractivity contribution in [3.63, 3.8) is 0 Å². The summed E-state index contributed by atoms with van der Waals surface area (Å²) >= 11 is 0. The van der Waals surface area contributed by atoms with Crippen molar-refractivity contribution in [3.8, 4) is 0 Å². The zero-order valence-corrected chi connectivity index (χ0v) is 22.0. The molecule has 39 heavy (non-hydrogen) atoms. The van der Waals surface area contributed by atoms with Crippen LogP contribution in [0.15, 0.2) is 83.7 Å². The molecule has 0 amide bonds. The Kier molecular flexibility index (Phi) is 6.93. The largest absolute Gasteiger partial charge is 0.416 e. The Bertz CT molecular complexity index is 1510. The van der Waals surface area contributed by atoms with Gasteiger partial charge in [0.2, 0.25) is 0 Å². The minimum atomic E-state index is -4.62. The second kappa shape index (κ2) is 10.1. The fourth-order valence-corrected chi connectivity index (χ4v) is 5.56. The summed E-state index contributed by atoms with van der Waals surface area (Å²) in [4.78, 5) is 21.1. The van der Waals surface area contributed by atoms with E-state index >= 15 is 0 Å². The molecule has 0 unspecified atom stereocenters. The van der Waals surface area contributed by atoms with Gasteiger partial charge >= 0.3 is 6.18 Å². The van der Waals surface area contributed by atoms with Crippen LogP contribution in [0.25, 0.3) is 0 Å². The highest BCUT2D eigenvalue weighted by atomic mass is 19.4. The fourth-order valence-electron chi connectivity index (χ4n) is 5.56. The summed E-state index contributed by atoms with van der Waals surface area (Å²) in [5, 5.41) is 0. The first-order chi connectivity index (χ1) is 18.5. The van der Waals surface area contributed by atoms with Gasteiger partial charge in [0.05, 0.1) is 22.9 Å². The van der Waals surface area contributed by atoms with E-state index in [0.717, 1.165) is 17.2 Å². The molecular formula is C31H29F4N3O. The van der Waals surface area contributed by atoms with Gasteiger partial charge in [-0.05, 0) is 30.2 Å². The molecule has 8 heteroatoms. The maximum absolute atomic E-state index is 14.7. The molecule has 5 rings (SSSR count). The van der Waals surface area contributed by atoms with Crippen molar-refractivity contribution in [1.82, 2.24) is 14.5 Å². The van der Waals surface area contributed by atoms with Crippen molar-refractivity contribution < 1.29 is 17.6 Å². The van der Waals surface area contributed by atoms with E-state index in [-0.39, 0.29) is 24.2 Å². The van der Waals surface area contributed by atoms with Crippen LogP contribution in [0, 0.1) is 12.7 Å². The Morgan fingerprint density at radius 2 is 1.54 bits per heavy atom. The second-order valence-corrected chi connectivity index (χ2v) is 10.7. The van der Waals surface area contributed by atoms with Crippen LogP contribution < -0.4 is 5.56 Å². The molecule has 1 aromatic heterocycles. The molecule has 0 radical (unpaired) electrons. The molecule has 0 N–H and O–H groups in total. The van der Waals surface area contributed by atoms with Crippen molar-refractivity contribution in [1.29, 1.82) is 0 Å². The number of halogens is 4. The maximum atomic E-state index is 14.7. The Morgan fingerprint density at radius 1 is 0.949 bits per heavy atom. The third-order valence-electron chi connectivity index (χ3n) is 7.29. The van der Waals surface area contributed by atoms with Gasteiger partial charge in [0.25, 0.3) is 5.56 Å². The highest BCUT2D eigenvalue weighted by Gasteiger charge is 2.37. The van der Waals surface area contributed by atoms with Crippen molar-refractivity contribution in [2.24, 2.45) is 0 Å². The zero-order valence-electron chi connectivity index (χ0n) is 22.0. The monoisotopic (exact) mass is 535 g/mol. The Balaban J connectivity index is 1.57. The van der Waals surface area contributed by atoms with Gasteiger partial charge in [-0.15, -0.1) is 0 Å². The average molecular weight is 536 g/mol. The van der Waals surface area contributed by atoms with Crippen LogP contribution in [0.1, 0.15) is 59.2 Å². The molecule has 4 aromatic rings. The number of hydrogen-bond donors (Lipinski definition) is 0. The lowest BCUT2D eigenvalue weighted by Gasteiger charge is -2.39. The molecule has 0 aliphatic carbocycles. The highest BCUT2D eigenvalue weighted by Crippen LogP contribution is 2.35. The van der Waals surface area contributed by atoms with Crippen LogP contribution in [0.5, 0.6) is 0 Å². The summed E-state index contributed by atoms with van der Waals surface area (Å²) in [6.45, 7) is 6.53. The third-order valence-corrected chi connectivity index (χ3v) is 7.29. The topological polar surface area (TPSA) is 38.1 Å². The predicted molar refractivity (Wildman–Crippen MR) is 142 cm³/mol.